The summed E-state index contributed by atoms with van der Waals surface area (Å²) in [4.78, 5) is 11.9. The van der Waals surface area contributed by atoms with Gasteiger partial charge in [-0.2, -0.15) is 0 Å². The molecule has 2 aromatic rings. The molecule has 0 saturated heterocycles. The molecule has 1 aliphatic rings. The summed E-state index contributed by atoms with van der Waals surface area (Å²) in [5.41, 5.74) is 9.75. The lowest BCUT2D eigenvalue weighted by Gasteiger charge is -2.13. The van der Waals surface area contributed by atoms with Crippen molar-refractivity contribution in [3.63, 3.8) is 0 Å². The van der Waals surface area contributed by atoms with Crippen molar-refractivity contribution in [2.75, 3.05) is 0 Å². The van der Waals surface area contributed by atoms with Crippen molar-refractivity contribution in [3.05, 3.63) is 71.3 Å². The van der Waals surface area contributed by atoms with Crippen LogP contribution in [0.25, 0.3) is 0 Å². The molecule has 0 heterocycles. The van der Waals surface area contributed by atoms with Crippen LogP contribution in [0.1, 0.15) is 16.7 Å². The van der Waals surface area contributed by atoms with Crippen LogP contribution >= 0.6 is 0 Å². The van der Waals surface area contributed by atoms with Gasteiger partial charge < -0.3 is 0 Å². The third-order valence-corrected chi connectivity index (χ3v) is 3.67. The van der Waals surface area contributed by atoms with Gasteiger partial charge in [0.1, 0.15) is 0 Å². The van der Waals surface area contributed by atoms with Crippen molar-refractivity contribution < 1.29 is 4.79 Å². The monoisotopic (exact) mass is 266 g/mol. The Morgan fingerprint density at radius 1 is 0.950 bits per heavy atom. The van der Waals surface area contributed by atoms with E-state index >= 15 is 0 Å². The van der Waals surface area contributed by atoms with Crippen LogP contribution in [-0.4, -0.2) is 11.9 Å². The Bertz CT molecular complexity index is 570. The van der Waals surface area contributed by atoms with Gasteiger partial charge in [-0.25, -0.2) is 5.43 Å². The normalized spacial score (nSPS) is 14.0. The molecule has 0 aromatic heterocycles. The third kappa shape index (κ3) is 3.06. The van der Waals surface area contributed by atoms with Crippen LogP contribution < -0.4 is 10.9 Å². The molecule has 0 aliphatic heterocycles. The zero-order valence-electron chi connectivity index (χ0n) is 11.3. The summed E-state index contributed by atoms with van der Waals surface area (Å²) < 4.78 is 0. The van der Waals surface area contributed by atoms with Gasteiger partial charge in [0.05, 0.1) is 6.42 Å². The topological polar surface area (TPSA) is 41.1 Å². The number of nitrogens with one attached hydrogen (secondary N) is 2. The Hall–Kier alpha value is -2.13. The Balaban J connectivity index is 1.48. The highest BCUT2D eigenvalue weighted by Gasteiger charge is 2.20. The summed E-state index contributed by atoms with van der Waals surface area (Å²) in [7, 11) is 0. The van der Waals surface area contributed by atoms with E-state index in [1.165, 1.54) is 11.1 Å². The molecule has 1 amide bonds. The molecule has 0 atom stereocenters. The van der Waals surface area contributed by atoms with Gasteiger partial charge in [0.25, 0.3) is 0 Å². The zero-order chi connectivity index (χ0) is 13.8. The fourth-order valence-electron chi connectivity index (χ4n) is 2.67. The molecule has 3 heteroatoms. The van der Waals surface area contributed by atoms with E-state index in [0.717, 1.165) is 18.4 Å². The Labute approximate surface area is 119 Å². The molecule has 0 saturated carbocycles. The van der Waals surface area contributed by atoms with E-state index < -0.39 is 0 Å². The van der Waals surface area contributed by atoms with E-state index in [9.17, 15) is 4.79 Å². The SMILES string of the molecule is O=C(Cc1ccccc1)NNC1Cc2ccccc2C1. The maximum Gasteiger partial charge on any atom is 0.238 e. The molecule has 1 aliphatic carbocycles. The number of benzene rings is 2. The van der Waals surface area contributed by atoms with Gasteiger partial charge in [-0.3, -0.25) is 10.2 Å². The maximum absolute atomic E-state index is 11.9. The lowest BCUT2D eigenvalue weighted by molar-refractivity contribution is -0.121. The van der Waals surface area contributed by atoms with Crippen molar-refractivity contribution in [3.8, 4) is 0 Å². The summed E-state index contributed by atoms with van der Waals surface area (Å²) in [5, 5.41) is 0. The summed E-state index contributed by atoms with van der Waals surface area (Å²) >= 11 is 0. The number of amides is 1. The molecule has 102 valence electrons. The predicted octanol–water partition coefficient (Wildman–Crippen LogP) is 2.02. The van der Waals surface area contributed by atoms with Gasteiger partial charge >= 0.3 is 0 Å². The number of rotatable bonds is 4. The first-order chi connectivity index (χ1) is 9.81. The zero-order valence-corrected chi connectivity index (χ0v) is 11.3. The van der Waals surface area contributed by atoms with Crippen LogP contribution in [0, 0.1) is 0 Å². The average molecular weight is 266 g/mol. The van der Waals surface area contributed by atoms with Crippen LogP contribution in [0.5, 0.6) is 0 Å². The first kappa shape index (κ1) is 12.9. The number of hydrazine groups is 1. The van der Waals surface area contributed by atoms with Gasteiger partial charge in [0.15, 0.2) is 0 Å². The number of fused-ring (bicyclic) bond motifs is 1. The van der Waals surface area contributed by atoms with E-state index in [1.54, 1.807) is 0 Å². The van der Waals surface area contributed by atoms with E-state index in [-0.39, 0.29) is 5.91 Å². The fraction of sp³-hybridized carbons (Fsp3) is 0.235. The molecule has 2 N–H and O–H groups in total. The van der Waals surface area contributed by atoms with Gasteiger partial charge in [-0.15, -0.1) is 0 Å². The average Bonchev–Trinajstić information content (AvgIpc) is 2.89. The third-order valence-electron chi connectivity index (χ3n) is 3.67. The Kier molecular flexibility index (Phi) is 3.79. The fourth-order valence-corrected chi connectivity index (χ4v) is 2.67. The maximum atomic E-state index is 11.9. The van der Waals surface area contributed by atoms with Gasteiger partial charge in [-0.1, -0.05) is 54.6 Å². The number of carbonyl (C=O) groups excluding carboxylic acids is 1. The highest BCUT2D eigenvalue weighted by Crippen LogP contribution is 2.21. The summed E-state index contributed by atoms with van der Waals surface area (Å²) in [6, 6.07) is 18.5. The second kappa shape index (κ2) is 5.88. The molecular weight excluding hydrogens is 248 g/mol. The van der Waals surface area contributed by atoms with E-state index in [0.29, 0.717) is 12.5 Å². The minimum Gasteiger partial charge on any atom is -0.291 e. The molecule has 0 unspecified atom stereocenters. The van der Waals surface area contributed by atoms with Crippen molar-refractivity contribution >= 4 is 5.91 Å². The summed E-state index contributed by atoms with van der Waals surface area (Å²) in [6.45, 7) is 0. The van der Waals surface area contributed by atoms with Crippen LogP contribution in [0.2, 0.25) is 0 Å². The largest absolute Gasteiger partial charge is 0.291 e. The molecule has 0 fully saturated rings. The molecule has 0 spiro atoms. The van der Waals surface area contributed by atoms with E-state index in [2.05, 4.69) is 35.1 Å². The van der Waals surface area contributed by atoms with Crippen molar-refractivity contribution in [1.29, 1.82) is 0 Å². The van der Waals surface area contributed by atoms with Crippen molar-refractivity contribution in [2.45, 2.75) is 25.3 Å². The van der Waals surface area contributed by atoms with Crippen LogP contribution in [0.4, 0.5) is 0 Å². The summed E-state index contributed by atoms with van der Waals surface area (Å²) in [5.74, 6) is 0.00663. The smallest absolute Gasteiger partial charge is 0.238 e. The van der Waals surface area contributed by atoms with E-state index in [1.807, 2.05) is 30.3 Å². The highest BCUT2D eigenvalue weighted by atomic mass is 16.2. The second-order valence-corrected chi connectivity index (χ2v) is 5.23. The molecule has 2 aromatic carbocycles. The molecule has 0 radical (unpaired) electrons. The molecule has 3 rings (SSSR count). The first-order valence-electron chi connectivity index (χ1n) is 6.96. The first-order valence-corrected chi connectivity index (χ1v) is 6.96. The van der Waals surface area contributed by atoms with Gasteiger partial charge in [0, 0.05) is 6.04 Å². The van der Waals surface area contributed by atoms with Crippen LogP contribution in [-0.2, 0) is 24.1 Å². The quantitative estimate of drug-likeness (QED) is 0.831. The van der Waals surface area contributed by atoms with Gasteiger partial charge in [0.2, 0.25) is 5.91 Å². The molecule has 3 nitrogen and oxygen atoms in total. The minimum absolute atomic E-state index is 0.00663. The lowest BCUT2D eigenvalue weighted by atomic mass is 10.1. The molecule has 20 heavy (non-hydrogen) atoms. The summed E-state index contributed by atoms with van der Waals surface area (Å²) in [6.07, 6.45) is 2.36. The van der Waals surface area contributed by atoms with Crippen LogP contribution in [0.3, 0.4) is 0 Å². The molecular formula is C17H18N2O. The number of hydrogen-bond donors (Lipinski definition) is 2. The second-order valence-electron chi connectivity index (χ2n) is 5.23. The number of carbonyl (C=O) groups is 1. The highest BCUT2D eigenvalue weighted by molar-refractivity contribution is 5.78. The van der Waals surface area contributed by atoms with Crippen molar-refractivity contribution in [1.82, 2.24) is 10.9 Å². The van der Waals surface area contributed by atoms with E-state index in [4.69, 9.17) is 0 Å². The van der Waals surface area contributed by atoms with Gasteiger partial charge in [-0.05, 0) is 29.5 Å². The standard InChI is InChI=1S/C17H18N2O/c20-17(10-13-6-2-1-3-7-13)19-18-16-11-14-8-4-5-9-15(14)12-16/h1-9,16,18H,10-12H2,(H,19,20). The minimum atomic E-state index is 0.00663. The van der Waals surface area contributed by atoms with Crippen LogP contribution in [0.15, 0.2) is 54.6 Å². The predicted molar refractivity (Wildman–Crippen MR) is 79.1 cm³/mol. The number of hydrogen-bond acceptors (Lipinski definition) is 2. The Morgan fingerprint density at radius 2 is 1.55 bits per heavy atom. The lowest BCUT2D eigenvalue weighted by Crippen LogP contribution is -2.45. The van der Waals surface area contributed by atoms with Crippen molar-refractivity contribution in [2.24, 2.45) is 0 Å². The Morgan fingerprint density at radius 3 is 2.20 bits per heavy atom. The molecule has 0 bridgehead atoms.